The van der Waals surface area contributed by atoms with E-state index in [-0.39, 0.29) is 18.1 Å². The molecule has 7 nitrogen and oxygen atoms in total. The molecule has 3 aromatic rings. The van der Waals surface area contributed by atoms with Crippen LogP contribution >= 0.6 is 11.8 Å². The number of nitrogen functional groups attached to an aromatic ring is 1. The predicted octanol–water partition coefficient (Wildman–Crippen LogP) is 3.02. The van der Waals surface area contributed by atoms with Crippen LogP contribution in [-0.4, -0.2) is 27.0 Å². The maximum Gasteiger partial charge on any atom is 0.330 e. The molecule has 0 bridgehead atoms. The van der Waals surface area contributed by atoms with E-state index >= 15 is 0 Å². The summed E-state index contributed by atoms with van der Waals surface area (Å²) in [5.41, 5.74) is 9.68. The van der Waals surface area contributed by atoms with Gasteiger partial charge in [-0.1, -0.05) is 48.2 Å². The van der Waals surface area contributed by atoms with Gasteiger partial charge in [-0.15, -0.1) is 0 Å². The van der Waals surface area contributed by atoms with Crippen molar-refractivity contribution in [2.24, 2.45) is 4.99 Å². The number of nitrogens with zero attached hydrogens (tertiary/aromatic N) is 3. The van der Waals surface area contributed by atoms with Crippen molar-refractivity contribution in [3.8, 4) is 0 Å². The Kier molecular flexibility index (Phi) is 5.50. The van der Waals surface area contributed by atoms with Crippen LogP contribution in [0.5, 0.6) is 0 Å². The molecular formula is C22H23N5O2S. The van der Waals surface area contributed by atoms with Crippen molar-refractivity contribution in [2.75, 3.05) is 22.9 Å². The van der Waals surface area contributed by atoms with Gasteiger partial charge in [-0.05, 0) is 42.7 Å². The molecule has 0 aliphatic carbocycles. The Balaban J connectivity index is 1.76. The van der Waals surface area contributed by atoms with Crippen molar-refractivity contribution in [3.63, 3.8) is 0 Å². The van der Waals surface area contributed by atoms with Crippen LogP contribution in [-0.2, 0) is 6.54 Å². The highest BCUT2D eigenvalue weighted by Crippen LogP contribution is 2.29. The summed E-state index contributed by atoms with van der Waals surface area (Å²) in [5.74, 6) is 0.920. The standard InChI is InChI=1S/C22H23N5O2S/c1-14-8-9-17(12-15(14)2)24-22-26(10-11-30-22)18-19(23)27(21(29)25-20(18)28)13-16-6-4-3-5-7-16/h3-9,12H,10-11,13,23H2,1-2H3,(H,25,28,29). The summed E-state index contributed by atoms with van der Waals surface area (Å²) >= 11 is 1.56. The molecule has 1 aliphatic heterocycles. The minimum atomic E-state index is -0.524. The fourth-order valence-electron chi connectivity index (χ4n) is 3.37. The van der Waals surface area contributed by atoms with E-state index in [1.807, 2.05) is 55.5 Å². The lowest BCUT2D eigenvalue weighted by Crippen LogP contribution is -2.39. The number of aromatic nitrogens is 2. The second-order valence-corrected chi connectivity index (χ2v) is 8.29. The number of nitrogens with one attached hydrogen (secondary N) is 1. The molecule has 3 N–H and O–H groups in total. The highest BCUT2D eigenvalue weighted by molar-refractivity contribution is 8.14. The zero-order valence-electron chi connectivity index (χ0n) is 16.9. The lowest BCUT2D eigenvalue weighted by molar-refractivity contribution is 0.731. The van der Waals surface area contributed by atoms with Crippen LogP contribution in [0.4, 0.5) is 17.2 Å². The van der Waals surface area contributed by atoms with Crippen LogP contribution in [0, 0.1) is 13.8 Å². The Bertz CT molecular complexity index is 1230. The molecule has 1 fully saturated rings. The van der Waals surface area contributed by atoms with E-state index in [4.69, 9.17) is 10.7 Å². The van der Waals surface area contributed by atoms with Gasteiger partial charge in [0, 0.05) is 12.3 Å². The van der Waals surface area contributed by atoms with Crippen molar-refractivity contribution in [3.05, 3.63) is 86.1 Å². The van der Waals surface area contributed by atoms with E-state index in [9.17, 15) is 9.59 Å². The van der Waals surface area contributed by atoms with Gasteiger partial charge in [0.2, 0.25) is 0 Å². The molecule has 1 aliphatic rings. The third-order valence-corrected chi connectivity index (χ3v) is 6.12. The lowest BCUT2D eigenvalue weighted by Gasteiger charge is -2.21. The van der Waals surface area contributed by atoms with Crippen LogP contribution < -0.4 is 21.9 Å². The molecule has 1 aromatic heterocycles. The molecule has 1 saturated heterocycles. The number of amidine groups is 1. The number of nitrogens with two attached hydrogens (primary N) is 1. The van der Waals surface area contributed by atoms with E-state index in [2.05, 4.69) is 11.9 Å². The zero-order chi connectivity index (χ0) is 21.3. The summed E-state index contributed by atoms with van der Waals surface area (Å²) in [7, 11) is 0. The smallest absolute Gasteiger partial charge is 0.330 e. The van der Waals surface area contributed by atoms with Crippen molar-refractivity contribution < 1.29 is 0 Å². The van der Waals surface area contributed by atoms with E-state index in [1.165, 1.54) is 10.1 Å². The molecule has 0 amide bonds. The fourth-order valence-corrected chi connectivity index (χ4v) is 4.33. The fraction of sp³-hybridized carbons (Fsp3) is 0.227. The minimum Gasteiger partial charge on any atom is -0.383 e. The molecule has 0 spiro atoms. The number of aliphatic imine (C=N–C) groups is 1. The number of H-pyrrole nitrogens is 1. The first kappa shape index (κ1) is 20.0. The first-order valence-corrected chi connectivity index (χ1v) is 10.7. The average molecular weight is 422 g/mol. The molecule has 0 radical (unpaired) electrons. The van der Waals surface area contributed by atoms with Crippen molar-refractivity contribution >= 4 is 34.1 Å². The Morgan fingerprint density at radius 2 is 1.87 bits per heavy atom. The van der Waals surface area contributed by atoms with Gasteiger partial charge >= 0.3 is 5.69 Å². The van der Waals surface area contributed by atoms with Gasteiger partial charge in [-0.25, -0.2) is 9.79 Å². The van der Waals surface area contributed by atoms with Gasteiger partial charge in [0.05, 0.1) is 12.2 Å². The monoisotopic (exact) mass is 421 g/mol. The van der Waals surface area contributed by atoms with E-state index in [0.717, 1.165) is 22.6 Å². The van der Waals surface area contributed by atoms with E-state index < -0.39 is 11.2 Å². The molecule has 30 heavy (non-hydrogen) atoms. The minimum absolute atomic E-state index is 0.142. The number of thioether (sulfide) groups is 1. The first-order valence-electron chi connectivity index (χ1n) is 9.67. The zero-order valence-corrected chi connectivity index (χ0v) is 17.7. The summed E-state index contributed by atoms with van der Waals surface area (Å²) in [4.78, 5) is 34.1. The van der Waals surface area contributed by atoms with E-state index in [1.54, 1.807) is 16.7 Å². The van der Waals surface area contributed by atoms with Crippen LogP contribution in [0.1, 0.15) is 16.7 Å². The van der Waals surface area contributed by atoms with Crippen LogP contribution in [0.15, 0.2) is 63.1 Å². The summed E-state index contributed by atoms with van der Waals surface area (Å²) in [6.45, 7) is 4.96. The van der Waals surface area contributed by atoms with Gasteiger partial charge < -0.3 is 10.6 Å². The maximum atomic E-state index is 12.7. The third-order valence-electron chi connectivity index (χ3n) is 5.16. The Hall–Kier alpha value is -3.26. The average Bonchev–Trinajstić information content (AvgIpc) is 3.16. The van der Waals surface area contributed by atoms with Crippen LogP contribution in [0.2, 0.25) is 0 Å². The predicted molar refractivity (Wildman–Crippen MR) is 124 cm³/mol. The number of rotatable bonds is 4. The number of anilines is 2. The molecule has 0 saturated carbocycles. The molecular weight excluding hydrogens is 398 g/mol. The number of hydrogen-bond acceptors (Lipinski definition) is 5. The molecule has 4 rings (SSSR count). The van der Waals surface area contributed by atoms with Gasteiger partial charge in [-0.2, -0.15) is 0 Å². The number of hydrogen-bond donors (Lipinski definition) is 2. The van der Waals surface area contributed by atoms with Crippen molar-refractivity contribution in [1.29, 1.82) is 0 Å². The quantitative estimate of drug-likeness (QED) is 0.675. The first-order chi connectivity index (χ1) is 14.4. The number of aromatic amines is 1. The highest BCUT2D eigenvalue weighted by Gasteiger charge is 2.27. The highest BCUT2D eigenvalue weighted by atomic mass is 32.2. The summed E-state index contributed by atoms with van der Waals surface area (Å²) in [5, 5.41) is 0.695. The SMILES string of the molecule is Cc1ccc(N=C2SCCN2c2c(N)n(Cc3ccccc3)c(=O)[nH]c2=O)cc1C. The van der Waals surface area contributed by atoms with Crippen molar-refractivity contribution in [1.82, 2.24) is 9.55 Å². The van der Waals surface area contributed by atoms with Gasteiger partial charge in [-0.3, -0.25) is 14.3 Å². The van der Waals surface area contributed by atoms with E-state index in [0.29, 0.717) is 11.7 Å². The second-order valence-electron chi connectivity index (χ2n) is 7.23. The number of aryl methyl sites for hydroxylation is 2. The maximum absolute atomic E-state index is 12.7. The third kappa shape index (κ3) is 3.91. The molecule has 2 aromatic carbocycles. The van der Waals surface area contributed by atoms with Gasteiger partial charge in [0.1, 0.15) is 5.82 Å². The molecule has 8 heteroatoms. The largest absolute Gasteiger partial charge is 0.383 e. The second kappa shape index (κ2) is 8.23. The topological polar surface area (TPSA) is 96.5 Å². The lowest BCUT2D eigenvalue weighted by atomic mass is 10.1. The summed E-state index contributed by atoms with van der Waals surface area (Å²) in [6.07, 6.45) is 0. The molecule has 154 valence electrons. The van der Waals surface area contributed by atoms with Gasteiger partial charge in [0.25, 0.3) is 5.56 Å². The summed E-state index contributed by atoms with van der Waals surface area (Å²) < 4.78 is 1.39. The Labute approximate surface area is 178 Å². The molecule has 0 unspecified atom stereocenters. The number of benzene rings is 2. The van der Waals surface area contributed by atoms with Crippen LogP contribution in [0.3, 0.4) is 0 Å². The molecule has 2 heterocycles. The van der Waals surface area contributed by atoms with Crippen LogP contribution in [0.25, 0.3) is 0 Å². The van der Waals surface area contributed by atoms with Gasteiger partial charge in [0.15, 0.2) is 10.9 Å². The summed E-state index contributed by atoms with van der Waals surface area (Å²) in [6, 6.07) is 15.5. The Morgan fingerprint density at radius 1 is 1.10 bits per heavy atom. The Morgan fingerprint density at radius 3 is 2.60 bits per heavy atom. The van der Waals surface area contributed by atoms with Crippen molar-refractivity contribution in [2.45, 2.75) is 20.4 Å². The normalized spacial score (nSPS) is 15.1. The molecule has 0 atom stereocenters.